The van der Waals surface area contributed by atoms with Crippen LogP contribution in [0.5, 0.6) is 0 Å². The standard InChI is InChI=1S/C59H97N15O20/c1-6-31(2)47(73-56(90)41(71-49(83)32(3)63)28-35-16-8-7-9-17-35)58(92)69-37(19-11-14-26-61)51(85)65-33(4)50(84)74-48(34(5)75)57(91)64-30-43(76)66-36(18-10-13-25-60)52(86)67-38(20-12-15-27-62)53(87)68-39(21-23-44(77)78)54(88)72-42(29-46(81)82)55(89)70-40(59(93)94)22-24-45(79)80/h7-9,16-17,31-34,36-42,47-48,75H,6,10-15,18-30,60-63H2,1-5H3,(H,64,91)(H,65,85)(H,66,76)(H,67,86)(H,68,87)(H,69,92)(H,70,89)(H,71,83)(H,72,88)(H,73,90)(H,74,84)(H,77,78)(H,79,80)(H,81,82)(H,93,94)/t31-,32-,33-,34+,36-,37-,38-,39-,40-,41-,42-,47-,48-/m0/s1. The summed E-state index contributed by atoms with van der Waals surface area (Å²) in [5.41, 5.74) is 23.6. The minimum Gasteiger partial charge on any atom is -0.481 e. The molecule has 94 heavy (non-hydrogen) atoms. The van der Waals surface area contributed by atoms with E-state index >= 15 is 0 Å². The molecule has 35 nitrogen and oxygen atoms in total. The van der Waals surface area contributed by atoms with E-state index in [0.717, 1.165) is 6.92 Å². The fraction of sp³-hybridized carbons (Fsp3) is 0.644. The maximum atomic E-state index is 14.1. The normalized spacial score (nSPS) is 15.2. The zero-order valence-electron chi connectivity index (χ0n) is 53.7. The molecule has 11 amide bonds. The lowest BCUT2D eigenvalue weighted by molar-refractivity contribution is -0.144. The number of amides is 11. The number of carboxylic acid groups (broad SMARTS) is 4. The van der Waals surface area contributed by atoms with Crippen LogP contribution in [0.2, 0.25) is 0 Å². The van der Waals surface area contributed by atoms with Gasteiger partial charge in [-0.3, -0.25) is 67.1 Å². The van der Waals surface area contributed by atoms with E-state index in [1.54, 1.807) is 44.2 Å². The summed E-state index contributed by atoms with van der Waals surface area (Å²) < 4.78 is 0. The van der Waals surface area contributed by atoms with Crippen LogP contribution in [0.15, 0.2) is 30.3 Å². The van der Waals surface area contributed by atoms with Crippen LogP contribution in [0.1, 0.15) is 136 Å². The van der Waals surface area contributed by atoms with Crippen LogP contribution in [0.4, 0.5) is 0 Å². The largest absolute Gasteiger partial charge is 0.481 e. The van der Waals surface area contributed by atoms with E-state index in [0.29, 0.717) is 37.7 Å². The molecule has 13 atom stereocenters. The molecule has 35 heteroatoms. The first-order valence-electron chi connectivity index (χ1n) is 31.1. The summed E-state index contributed by atoms with van der Waals surface area (Å²) in [6.07, 6.45) is -3.64. The number of nitrogens with two attached hydrogens (primary N) is 4. The lowest BCUT2D eigenvalue weighted by Gasteiger charge is -2.29. The van der Waals surface area contributed by atoms with Crippen LogP contribution in [0.25, 0.3) is 0 Å². The highest BCUT2D eigenvalue weighted by atomic mass is 16.4. The Bertz CT molecular complexity index is 2710. The number of carbonyl (C=O) groups excluding carboxylic acids is 11. The van der Waals surface area contributed by atoms with Crippen LogP contribution in [-0.4, -0.2) is 213 Å². The Kier molecular flexibility index (Phi) is 39.4. The van der Waals surface area contributed by atoms with E-state index in [1.807, 2.05) is 5.32 Å². The summed E-state index contributed by atoms with van der Waals surface area (Å²) in [6, 6.07) is -7.78. The Labute approximate surface area is 544 Å². The average Bonchev–Trinajstić information content (AvgIpc) is 0.960. The highest BCUT2D eigenvalue weighted by Gasteiger charge is 2.37. The van der Waals surface area contributed by atoms with E-state index < -0.39 is 206 Å². The highest BCUT2D eigenvalue weighted by molar-refractivity contribution is 5.99. The molecule has 0 aliphatic rings. The third kappa shape index (κ3) is 32.6. The van der Waals surface area contributed by atoms with Gasteiger partial charge in [-0.25, -0.2) is 4.79 Å². The number of hydrogen-bond acceptors (Lipinski definition) is 20. The van der Waals surface area contributed by atoms with Crippen molar-refractivity contribution in [2.24, 2.45) is 28.9 Å². The number of benzene rings is 1. The van der Waals surface area contributed by atoms with E-state index in [2.05, 4.69) is 53.2 Å². The molecule has 1 aromatic carbocycles. The van der Waals surface area contributed by atoms with Gasteiger partial charge in [-0.1, -0.05) is 50.6 Å². The Balaban J connectivity index is 3.34. The van der Waals surface area contributed by atoms with Gasteiger partial charge in [-0.05, 0) is 123 Å². The van der Waals surface area contributed by atoms with Crippen LogP contribution in [-0.2, 0) is 78.3 Å². The number of carbonyl (C=O) groups is 15. The molecule has 0 radical (unpaired) electrons. The minimum atomic E-state index is -2.04. The predicted octanol–water partition coefficient (Wildman–Crippen LogP) is -5.34. The minimum absolute atomic E-state index is 0.0230. The molecule has 528 valence electrons. The fourth-order valence-corrected chi connectivity index (χ4v) is 8.99. The van der Waals surface area contributed by atoms with E-state index in [9.17, 15) is 92.3 Å². The molecule has 0 heterocycles. The van der Waals surface area contributed by atoms with Gasteiger partial charge in [0.1, 0.15) is 60.4 Å². The summed E-state index contributed by atoms with van der Waals surface area (Å²) in [7, 11) is 0. The van der Waals surface area contributed by atoms with Gasteiger partial charge in [0, 0.05) is 19.3 Å². The number of hydrogen-bond donors (Lipinski definition) is 20. The average molecular weight is 1340 g/mol. The maximum Gasteiger partial charge on any atom is 0.326 e. The number of unbranched alkanes of at least 4 members (excludes halogenated alkanes) is 3. The molecule has 0 saturated carbocycles. The third-order valence-corrected chi connectivity index (χ3v) is 14.7. The number of carboxylic acids is 4. The highest BCUT2D eigenvalue weighted by Crippen LogP contribution is 2.14. The van der Waals surface area contributed by atoms with Crippen molar-refractivity contribution in [1.29, 1.82) is 0 Å². The maximum absolute atomic E-state index is 14.1. The Morgan fingerprint density at radius 3 is 1.28 bits per heavy atom. The van der Waals surface area contributed by atoms with Gasteiger partial charge in [-0.15, -0.1) is 0 Å². The zero-order chi connectivity index (χ0) is 71.2. The molecular weight excluding hydrogens is 1240 g/mol. The lowest BCUT2D eigenvalue weighted by Crippen LogP contribution is -2.61. The first kappa shape index (κ1) is 83.1. The number of nitrogens with one attached hydrogen (secondary N) is 11. The molecule has 0 aromatic heterocycles. The van der Waals surface area contributed by atoms with E-state index in [4.69, 9.17) is 28.0 Å². The van der Waals surface area contributed by atoms with Crippen LogP contribution >= 0.6 is 0 Å². The molecule has 0 fully saturated rings. The van der Waals surface area contributed by atoms with Gasteiger partial charge in [0.05, 0.1) is 25.1 Å². The fourth-order valence-electron chi connectivity index (χ4n) is 8.99. The second-order valence-corrected chi connectivity index (χ2v) is 22.7. The van der Waals surface area contributed by atoms with Crippen LogP contribution in [0, 0.1) is 5.92 Å². The zero-order valence-corrected chi connectivity index (χ0v) is 53.7. The quantitative estimate of drug-likeness (QED) is 0.0271. The lowest BCUT2D eigenvalue weighted by atomic mass is 9.96. The van der Waals surface area contributed by atoms with Gasteiger partial charge in [0.15, 0.2) is 0 Å². The smallest absolute Gasteiger partial charge is 0.326 e. The molecule has 0 spiro atoms. The molecular formula is C59H97N15O20. The summed E-state index contributed by atoms with van der Waals surface area (Å²) in [4.78, 5) is 196. The number of rotatable bonds is 48. The van der Waals surface area contributed by atoms with E-state index in [1.165, 1.54) is 13.8 Å². The number of aliphatic hydroxyl groups excluding tert-OH is 1. The van der Waals surface area contributed by atoms with Crippen molar-refractivity contribution in [1.82, 2.24) is 58.5 Å². The third-order valence-electron chi connectivity index (χ3n) is 14.7. The van der Waals surface area contributed by atoms with Crippen LogP contribution < -0.4 is 81.4 Å². The van der Waals surface area contributed by atoms with Gasteiger partial charge in [-0.2, -0.15) is 0 Å². The van der Waals surface area contributed by atoms with E-state index in [-0.39, 0.29) is 58.2 Å². The van der Waals surface area contributed by atoms with Crippen molar-refractivity contribution in [2.45, 2.75) is 210 Å². The SMILES string of the molecule is CC[C@H](C)[C@H](NC(=O)[C@H](Cc1ccccc1)NC(=O)[C@H](C)N)C(=O)N[C@@H](CCCCN)C(=O)N[C@@H](C)C(=O)N[C@H](C(=O)NCC(=O)N[C@@H](CCCCN)C(=O)N[C@@H](CCCCN)C(=O)N[C@@H](CCC(=O)O)C(=O)N[C@@H](CC(=O)O)C(=O)N[C@@H](CCC(=O)O)C(=O)O)[C@@H](C)O. The summed E-state index contributed by atoms with van der Waals surface area (Å²) in [5.74, 6) is -17.6. The van der Waals surface area contributed by atoms with Crippen molar-refractivity contribution in [3.05, 3.63) is 35.9 Å². The van der Waals surface area contributed by atoms with Gasteiger partial charge in [0.2, 0.25) is 65.0 Å². The van der Waals surface area contributed by atoms with Crippen molar-refractivity contribution < 1.29 is 97.5 Å². The second kappa shape index (κ2) is 44.6. The van der Waals surface area contributed by atoms with Crippen molar-refractivity contribution in [3.63, 3.8) is 0 Å². The Morgan fingerprint density at radius 2 is 0.830 bits per heavy atom. The Hall–Kier alpha value is -8.93. The van der Waals surface area contributed by atoms with Crippen LogP contribution in [0.3, 0.4) is 0 Å². The van der Waals surface area contributed by atoms with Crippen molar-refractivity contribution >= 4 is 88.9 Å². The summed E-state index contributed by atoms with van der Waals surface area (Å²) in [5, 5.41) is 74.5. The molecule has 0 saturated heterocycles. The number of aliphatic hydroxyl groups is 1. The van der Waals surface area contributed by atoms with Crippen molar-refractivity contribution in [2.75, 3.05) is 26.2 Å². The summed E-state index contributed by atoms with van der Waals surface area (Å²) in [6.45, 7) is 6.94. The molecule has 1 aromatic rings. The predicted molar refractivity (Wildman–Crippen MR) is 335 cm³/mol. The van der Waals surface area contributed by atoms with Gasteiger partial charge < -0.3 is 107 Å². The van der Waals surface area contributed by atoms with Crippen molar-refractivity contribution in [3.8, 4) is 0 Å². The molecule has 0 bridgehead atoms. The first-order valence-corrected chi connectivity index (χ1v) is 31.1. The number of aliphatic carboxylic acids is 4. The molecule has 24 N–H and O–H groups in total. The molecule has 0 unspecified atom stereocenters. The van der Waals surface area contributed by atoms with Gasteiger partial charge >= 0.3 is 23.9 Å². The monoisotopic (exact) mass is 1340 g/mol. The first-order chi connectivity index (χ1) is 44.3. The summed E-state index contributed by atoms with van der Waals surface area (Å²) >= 11 is 0. The van der Waals surface area contributed by atoms with Gasteiger partial charge in [0.25, 0.3) is 0 Å². The molecule has 0 aliphatic heterocycles. The Morgan fingerprint density at radius 1 is 0.426 bits per heavy atom. The second-order valence-electron chi connectivity index (χ2n) is 22.7. The molecule has 1 rings (SSSR count). The molecule has 0 aliphatic carbocycles. The topological polar surface area (TPSA) is 594 Å².